The van der Waals surface area contributed by atoms with Crippen molar-refractivity contribution in [1.29, 1.82) is 0 Å². The standard InChI is InChI=1S/C57H68N8O11/c1-38-31-45(66)32-39(2)46(38)34-50(65-57(73)76-37-44-25-14-7-15-26-44)54(70)63-48(28-18-30-59-40(3)61-56(72)75-36-43-23-12-6-13-24-43)52(68)64-49(33-41-19-8-4-9-20-41)53(69)62-47(51(58)67)27-16-17-29-60-55(71)74-35-42-21-10-5-11-22-42/h4-15,19-26,31-32,47-50,59,66H,3,16-18,27-30,33-37H2,1-2H3,(H2,58,67)(H,60,71)(H,61,72)(H,62,69)(H,63,70)(H,64,68)(H,65,73)/t47-,48+,49-,50-/m0/s1. The fourth-order valence-electron chi connectivity index (χ4n) is 7.95. The molecular formula is C57H68N8O11. The van der Waals surface area contributed by atoms with Crippen LogP contribution < -0.4 is 43.0 Å². The summed E-state index contributed by atoms with van der Waals surface area (Å²) >= 11 is 0. The second-order valence-corrected chi connectivity index (χ2v) is 18.0. The number of amides is 7. The molecule has 5 aromatic rings. The molecule has 0 radical (unpaired) electrons. The van der Waals surface area contributed by atoms with Crippen molar-refractivity contribution < 1.29 is 52.9 Å². The number of ether oxygens (including phenoxy) is 3. The van der Waals surface area contributed by atoms with Gasteiger partial charge in [0, 0.05) is 25.9 Å². The molecule has 402 valence electrons. The van der Waals surface area contributed by atoms with Gasteiger partial charge in [-0.25, -0.2) is 14.4 Å². The van der Waals surface area contributed by atoms with Crippen molar-refractivity contribution in [1.82, 2.24) is 37.2 Å². The number of phenols is 1. The van der Waals surface area contributed by atoms with Crippen LogP contribution >= 0.6 is 0 Å². The minimum absolute atomic E-state index is 0.0183. The van der Waals surface area contributed by atoms with Gasteiger partial charge in [0.25, 0.3) is 0 Å². The molecule has 0 aliphatic heterocycles. The lowest BCUT2D eigenvalue weighted by Crippen LogP contribution is -2.58. The zero-order valence-electron chi connectivity index (χ0n) is 42.8. The Bertz CT molecular complexity index is 2670. The van der Waals surface area contributed by atoms with E-state index in [1.165, 1.54) is 12.1 Å². The average molecular weight is 1040 g/mol. The molecule has 4 atom stereocenters. The maximum absolute atomic E-state index is 14.6. The lowest BCUT2D eigenvalue weighted by Gasteiger charge is -2.27. The van der Waals surface area contributed by atoms with E-state index in [1.54, 1.807) is 68.4 Å². The highest BCUT2D eigenvalue weighted by molar-refractivity contribution is 5.95. The zero-order valence-corrected chi connectivity index (χ0v) is 42.8. The maximum Gasteiger partial charge on any atom is 0.413 e. The molecule has 0 heterocycles. The Labute approximate surface area is 442 Å². The number of unbranched alkanes of at least 4 members (excludes halogenated alkanes) is 1. The van der Waals surface area contributed by atoms with Crippen LogP contribution in [0.2, 0.25) is 0 Å². The molecule has 0 spiro atoms. The van der Waals surface area contributed by atoms with Gasteiger partial charge in [0.15, 0.2) is 0 Å². The first-order valence-electron chi connectivity index (χ1n) is 25.0. The second kappa shape index (κ2) is 31.0. The number of carbonyl (C=O) groups is 7. The Morgan fingerprint density at radius 3 is 1.45 bits per heavy atom. The largest absolute Gasteiger partial charge is 0.508 e. The molecule has 76 heavy (non-hydrogen) atoms. The van der Waals surface area contributed by atoms with E-state index in [2.05, 4.69) is 43.8 Å². The molecule has 0 aromatic heterocycles. The molecule has 0 fully saturated rings. The highest BCUT2D eigenvalue weighted by Gasteiger charge is 2.32. The first kappa shape index (κ1) is 58.0. The third kappa shape index (κ3) is 20.9. The van der Waals surface area contributed by atoms with Crippen molar-refractivity contribution in [3.8, 4) is 5.75 Å². The topological polar surface area (TPSA) is 278 Å². The van der Waals surface area contributed by atoms with Crippen LogP contribution in [0, 0.1) is 13.8 Å². The number of hydrogen-bond donors (Lipinski definition) is 9. The number of rotatable bonds is 29. The summed E-state index contributed by atoms with van der Waals surface area (Å²) in [5.74, 6) is -2.94. The first-order valence-corrected chi connectivity index (χ1v) is 25.0. The van der Waals surface area contributed by atoms with Crippen LogP contribution in [0.5, 0.6) is 5.75 Å². The molecule has 0 aliphatic rings. The van der Waals surface area contributed by atoms with Crippen molar-refractivity contribution in [2.75, 3.05) is 13.1 Å². The first-order chi connectivity index (χ1) is 36.6. The lowest BCUT2D eigenvalue weighted by molar-refractivity contribution is -0.133. The molecule has 19 heteroatoms. The van der Waals surface area contributed by atoms with E-state index in [0.717, 1.165) is 11.1 Å². The minimum atomic E-state index is -1.33. The number of alkyl carbamates (subject to hydrolysis) is 3. The monoisotopic (exact) mass is 1040 g/mol. The van der Waals surface area contributed by atoms with E-state index in [0.29, 0.717) is 40.7 Å². The van der Waals surface area contributed by atoms with E-state index in [-0.39, 0.29) is 76.6 Å². The Morgan fingerprint density at radius 1 is 0.500 bits per heavy atom. The molecular weight excluding hydrogens is 973 g/mol. The van der Waals surface area contributed by atoms with Gasteiger partial charge < -0.3 is 57.0 Å². The number of nitrogens with one attached hydrogen (secondary N) is 7. The fraction of sp³-hybridized carbons (Fsp3) is 0.316. The second-order valence-electron chi connectivity index (χ2n) is 18.0. The van der Waals surface area contributed by atoms with Crippen LogP contribution in [0.4, 0.5) is 14.4 Å². The summed E-state index contributed by atoms with van der Waals surface area (Å²) in [6, 6.07) is 34.1. The van der Waals surface area contributed by atoms with Crippen LogP contribution in [0.3, 0.4) is 0 Å². The summed E-state index contributed by atoms with van der Waals surface area (Å²) < 4.78 is 16.0. The SMILES string of the molecule is C=C(NCCC[C@@H](NC(=O)[C@H](Cc1c(C)cc(O)cc1C)NC(=O)OCc1ccccc1)C(=O)N[C@@H](Cc1ccccc1)C(=O)N[C@@H](CCCCNC(=O)OCc1ccccc1)C(N)=O)NC(=O)OCc1ccccc1. The van der Waals surface area contributed by atoms with E-state index < -0.39 is 66.1 Å². The molecule has 7 amide bonds. The van der Waals surface area contributed by atoms with Crippen LogP contribution in [-0.2, 0) is 66.1 Å². The summed E-state index contributed by atoms with van der Waals surface area (Å²) in [6.45, 7) is 7.77. The van der Waals surface area contributed by atoms with Crippen LogP contribution in [-0.4, -0.2) is 84.3 Å². The molecule has 0 aliphatic carbocycles. The quantitative estimate of drug-likeness (QED) is 0.0200. The molecule has 0 bridgehead atoms. The number of aryl methyl sites for hydroxylation is 2. The Balaban J connectivity index is 1.30. The normalized spacial score (nSPS) is 12.2. The Kier molecular flexibility index (Phi) is 23.7. The van der Waals surface area contributed by atoms with Crippen molar-refractivity contribution >= 4 is 41.9 Å². The minimum Gasteiger partial charge on any atom is -0.508 e. The summed E-state index contributed by atoms with van der Waals surface area (Å²) in [5.41, 5.74) is 10.7. The van der Waals surface area contributed by atoms with E-state index in [4.69, 9.17) is 19.9 Å². The summed E-state index contributed by atoms with van der Waals surface area (Å²) in [6.07, 6.45) is -1.26. The van der Waals surface area contributed by atoms with Crippen LogP contribution in [0.1, 0.15) is 71.0 Å². The highest BCUT2D eigenvalue weighted by atomic mass is 16.6. The predicted molar refractivity (Wildman–Crippen MR) is 285 cm³/mol. The smallest absolute Gasteiger partial charge is 0.413 e. The molecule has 0 unspecified atom stereocenters. The van der Waals surface area contributed by atoms with Crippen molar-refractivity contribution in [2.45, 2.75) is 103 Å². The Hall–Kier alpha value is -8.87. The molecule has 0 saturated carbocycles. The van der Waals surface area contributed by atoms with Crippen LogP contribution in [0.15, 0.2) is 146 Å². The van der Waals surface area contributed by atoms with E-state index in [9.17, 15) is 38.7 Å². The lowest BCUT2D eigenvalue weighted by atomic mass is 9.95. The number of hydrogen-bond acceptors (Lipinski definition) is 12. The van der Waals surface area contributed by atoms with Crippen LogP contribution in [0.25, 0.3) is 0 Å². The average Bonchev–Trinajstić information content (AvgIpc) is 3.41. The van der Waals surface area contributed by atoms with Crippen molar-refractivity contribution in [3.05, 3.63) is 185 Å². The number of aromatic hydroxyl groups is 1. The van der Waals surface area contributed by atoms with Crippen molar-refractivity contribution in [3.63, 3.8) is 0 Å². The molecule has 5 rings (SSSR count). The molecule has 19 nitrogen and oxygen atoms in total. The third-order valence-electron chi connectivity index (χ3n) is 12.0. The molecule has 5 aromatic carbocycles. The van der Waals surface area contributed by atoms with Gasteiger partial charge in [0.05, 0.1) is 0 Å². The van der Waals surface area contributed by atoms with E-state index >= 15 is 0 Å². The zero-order chi connectivity index (χ0) is 54.7. The summed E-state index contributed by atoms with van der Waals surface area (Å²) in [4.78, 5) is 94.2. The van der Waals surface area contributed by atoms with Gasteiger partial charge >= 0.3 is 18.3 Å². The van der Waals surface area contributed by atoms with Gasteiger partial charge in [0.2, 0.25) is 23.6 Å². The molecule has 0 saturated heterocycles. The van der Waals surface area contributed by atoms with Gasteiger partial charge in [-0.3, -0.25) is 24.5 Å². The van der Waals surface area contributed by atoms with Gasteiger partial charge in [-0.05, 0) is 97.0 Å². The number of benzene rings is 5. The summed E-state index contributed by atoms with van der Waals surface area (Å²) in [7, 11) is 0. The van der Waals surface area contributed by atoms with Crippen molar-refractivity contribution in [2.24, 2.45) is 5.73 Å². The van der Waals surface area contributed by atoms with Gasteiger partial charge in [-0.2, -0.15) is 0 Å². The van der Waals surface area contributed by atoms with Gasteiger partial charge in [-0.1, -0.05) is 128 Å². The van der Waals surface area contributed by atoms with Gasteiger partial charge in [0.1, 0.15) is 55.6 Å². The predicted octanol–water partition coefficient (Wildman–Crippen LogP) is 5.89. The summed E-state index contributed by atoms with van der Waals surface area (Å²) in [5, 5.41) is 29.4. The number of carbonyl (C=O) groups excluding carboxylic acids is 7. The number of nitrogens with two attached hydrogens (primary N) is 1. The highest BCUT2D eigenvalue weighted by Crippen LogP contribution is 2.22. The number of phenolic OH excluding ortho intramolecular Hbond substituents is 1. The number of primary amides is 1. The van der Waals surface area contributed by atoms with E-state index in [1.807, 2.05) is 66.7 Å². The fourth-order valence-corrected chi connectivity index (χ4v) is 7.95. The third-order valence-corrected chi connectivity index (χ3v) is 12.0. The van der Waals surface area contributed by atoms with Gasteiger partial charge in [-0.15, -0.1) is 0 Å². The molecule has 10 N–H and O–H groups in total. The maximum atomic E-state index is 14.6. The Morgan fingerprint density at radius 2 is 0.921 bits per heavy atom.